The van der Waals surface area contributed by atoms with Gasteiger partial charge in [0.25, 0.3) is 5.91 Å². The number of rotatable bonds is 9. The quantitative estimate of drug-likeness (QED) is 0.420. The summed E-state index contributed by atoms with van der Waals surface area (Å²) in [7, 11) is -3.91. The second-order valence-corrected chi connectivity index (χ2v) is 10.7. The average molecular weight is 516 g/mol. The minimum absolute atomic E-state index is 0.0100. The molecule has 3 aromatic rings. The summed E-state index contributed by atoms with van der Waals surface area (Å²) < 4.78 is 29.9. The molecule has 0 unspecified atom stereocenters. The zero-order valence-electron chi connectivity index (χ0n) is 18.4. The van der Waals surface area contributed by atoms with E-state index in [4.69, 9.17) is 22.1 Å². The SMILES string of the molecule is CCCn1c(=NC(=O)c2ccc(S(=O)(=O)N(CCC#N)CCC#N)cc2)sc2cc(Cl)ccc21. The Morgan fingerprint density at radius 1 is 1.12 bits per heavy atom. The molecular formula is C23H22ClN5O3S2. The van der Waals surface area contributed by atoms with E-state index >= 15 is 0 Å². The van der Waals surface area contributed by atoms with E-state index in [0.717, 1.165) is 20.9 Å². The minimum Gasteiger partial charge on any atom is -0.316 e. The van der Waals surface area contributed by atoms with Crippen molar-refractivity contribution in [1.29, 1.82) is 10.5 Å². The van der Waals surface area contributed by atoms with Crippen LogP contribution in [0.5, 0.6) is 0 Å². The molecule has 34 heavy (non-hydrogen) atoms. The molecule has 3 rings (SSSR count). The molecule has 11 heteroatoms. The van der Waals surface area contributed by atoms with Crippen molar-refractivity contribution in [3.05, 3.63) is 57.9 Å². The summed E-state index contributed by atoms with van der Waals surface area (Å²) in [6, 6.07) is 14.9. The van der Waals surface area contributed by atoms with Crippen molar-refractivity contribution < 1.29 is 13.2 Å². The third-order valence-corrected chi connectivity index (χ3v) is 8.16. The van der Waals surface area contributed by atoms with Crippen LogP contribution < -0.4 is 4.80 Å². The average Bonchev–Trinajstić information content (AvgIpc) is 3.15. The van der Waals surface area contributed by atoms with Gasteiger partial charge >= 0.3 is 0 Å². The number of sulfonamides is 1. The van der Waals surface area contributed by atoms with Crippen molar-refractivity contribution in [3.63, 3.8) is 0 Å². The maximum atomic E-state index is 12.9. The number of carbonyl (C=O) groups excluding carboxylic acids is 1. The Morgan fingerprint density at radius 2 is 1.76 bits per heavy atom. The van der Waals surface area contributed by atoms with Crippen molar-refractivity contribution in [2.45, 2.75) is 37.6 Å². The Hall–Kier alpha value is -3.02. The smallest absolute Gasteiger partial charge is 0.279 e. The van der Waals surface area contributed by atoms with Crippen LogP contribution >= 0.6 is 22.9 Å². The van der Waals surface area contributed by atoms with E-state index in [9.17, 15) is 13.2 Å². The van der Waals surface area contributed by atoms with Gasteiger partial charge in [-0.1, -0.05) is 29.9 Å². The number of nitrogens with zero attached hydrogens (tertiary/aromatic N) is 5. The molecule has 0 radical (unpaired) electrons. The van der Waals surface area contributed by atoms with Crippen LogP contribution in [0.1, 0.15) is 36.5 Å². The first-order chi connectivity index (χ1) is 16.3. The lowest BCUT2D eigenvalue weighted by Gasteiger charge is -2.20. The molecule has 0 aliphatic carbocycles. The van der Waals surface area contributed by atoms with E-state index in [1.54, 1.807) is 6.07 Å². The van der Waals surface area contributed by atoms with Crippen molar-refractivity contribution in [1.82, 2.24) is 8.87 Å². The monoisotopic (exact) mass is 515 g/mol. The number of carbonyl (C=O) groups is 1. The summed E-state index contributed by atoms with van der Waals surface area (Å²) in [5.74, 6) is -0.489. The molecule has 0 bridgehead atoms. The summed E-state index contributed by atoms with van der Waals surface area (Å²) in [6.45, 7) is 2.70. The van der Waals surface area contributed by atoms with Gasteiger partial charge < -0.3 is 4.57 Å². The third kappa shape index (κ3) is 5.72. The molecule has 1 aromatic heterocycles. The highest BCUT2D eigenvalue weighted by atomic mass is 35.5. The van der Waals surface area contributed by atoms with Crippen molar-refractivity contribution >= 4 is 49.1 Å². The van der Waals surface area contributed by atoms with E-state index < -0.39 is 15.9 Å². The van der Waals surface area contributed by atoms with Gasteiger partial charge in [-0.05, 0) is 48.9 Å². The lowest BCUT2D eigenvalue weighted by atomic mass is 10.2. The summed E-state index contributed by atoms with van der Waals surface area (Å²) in [6.07, 6.45) is 0.882. The number of benzene rings is 2. The number of hydrogen-bond acceptors (Lipinski definition) is 6. The predicted molar refractivity (Wildman–Crippen MR) is 131 cm³/mol. The molecule has 0 fully saturated rings. The van der Waals surface area contributed by atoms with Gasteiger partial charge in [-0.25, -0.2) is 8.42 Å². The van der Waals surface area contributed by atoms with Crippen LogP contribution in [0.3, 0.4) is 0 Å². The standard InChI is InChI=1S/C23H22ClN5O3S2/c1-2-13-29-20-10-7-18(24)16-21(20)33-23(29)27-22(30)17-5-8-19(9-6-17)34(31,32)28(14-3-11-25)15-4-12-26/h5-10,16H,2-4,13-15H2,1H3. The number of fused-ring (bicyclic) bond motifs is 1. The van der Waals surface area contributed by atoms with Gasteiger partial charge in [0.15, 0.2) is 4.80 Å². The number of hydrogen-bond donors (Lipinski definition) is 0. The lowest BCUT2D eigenvalue weighted by Crippen LogP contribution is -2.32. The van der Waals surface area contributed by atoms with Gasteiger partial charge in [-0.2, -0.15) is 19.8 Å². The second-order valence-electron chi connectivity index (χ2n) is 7.31. The zero-order valence-corrected chi connectivity index (χ0v) is 20.8. The number of aryl methyl sites for hydroxylation is 1. The zero-order chi connectivity index (χ0) is 24.7. The van der Waals surface area contributed by atoms with Crippen LogP contribution in [0.4, 0.5) is 0 Å². The van der Waals surface area contributed by atoms with E-state index in [0.29, 0.717) is 16.4 Å². The Kier molecular flexibility index (Phi) is 8.59. The van der Waals surface area contributed by atoms with Gasteiger partial charge in [0.05, 0.1) is 27.3 Å². The van der Waals surface area contributed by atoms with E-state index in [1.165, 1.54) is 35.6 Å². The highest BCUT2D eigenvalue weighted by molar-refractivity contribution is 7.89. The van der Waals surface area contributed by atoms with Gasteiger partial charge in [0.1, 0.15) is 0 Å². The fraction of sp³-hybridized carbons (Fsp3) is 0.304. The van der Waals surface area contributed by atoms with Gasteiger partial charge in [0, 0.05) is 43.1 Å². The molecule has 0 N–H and O–H groups in total. The molecule has 176 valence electrons. The summed E-state index contributed by atoms with van der Waals surface area (Å²) in [5, 5.41) is 18.2. The van der Waals surface area contributed by atoms with Crippen molar-refractivity contribution in [2.24, 2.45) is 4.99 Å². The first kappa shape index (κ1) is 25.6. The maximum absolute atomic E-state index is 12.9. The molecule has 0 aliphatic rings. The molecule has 1 amide bonds. The molecule has 1 heterocycles. The molecule has 0 aliphatic heterocycles. The van der Waals surface area contributed by atoms with E-state index in [-0.39, 0.29) is 36.4 Å². The van der Waals surface area contributed by atoms with E-state index in [1.807, 2.05) is 35.8 Å². The van der Waals surface area contributed by atoms with Crippen LogP contribution in [-0.2, 0) is 16.6 Å². The first-order valence-electron chi connectivity index (χ1n) is 10.5. The van der Waals surface area contributed by atoms with Crippen LogP contribution in [0.2, 0.25) is 5.02 Å². The maximum Gasteiger partial charge on any atom is 0.279 e. The molecular weight excluding hydrogens is 494 g/mol. The third-order valence-electron chi connectivity index (χ3n) is 4.97. The van der Waals surface area contributed by atoms with Gasteiger partial charge in [-0.3, -0.25) is 4.79 Å². The molecule has 0 saturated carbocycles. The Labute approximate surface area is 207 Å². The second kappa shape index (κ2) is 11.4. The van der Waals surface area contributed by atoms with Crippen LogP contribution in [0.25, 0.3) is 10.2 Å². The van der Waals surface area contributed by atoms with Crippen molar-refractivity contribution in [3.8, 4) is 12.1 Å². The number of thiazole rings is 1. The Morgan fingerprint density at radius 3 is 2.35 bits per heavy atom. The predicted octanol–water partition coefficient (Wildman–Crippen LogP) is 4.33. The fourth-order valence-corrected chi connectivity index (χ4v) is 6.12. The number of nitriles is 2. The van der Waals surface area contributed by atoms with Crippen LogP contribution in [0, 0.1) is 22.7 Å². The van der Waals surface area contributed by atoms with Gasteiger partial charge in [-0.15, -0.1) is 0 Å². The summed E-state index contributed by atoms with van der Waals surface area (Å²) in [5.41, 5.74) is 1.19. The largest absolute Gasteiger partial charge is 0.316 e. The minimum atomic E-state index is -3.91. The normalized spacial score (nSPS) is 12.1. The van der Waals surface area contributed by atoms with Crippen LogP contribution in [-0.4, -0.2) is 36.3 Å². The molecule has 0 atom stereocenters. The fourth-order valence-electron chi connectivity index (χ4n) is 3.34. The van der Waals surface area contributed by atoms with Gasteiger partial charge in [0.2, 0.25) is 10.0 Å². The molecule has 8 nitrogen and oxygen atoms in total. The first-order valence-corrected chi connectivity index (χ1v) is 13.2. The molecule has 0 saturated heterocycles. The lowest BCUT2D eigenvalue weighted by molar-refractivity contribution is 0.0997. The summed E-state index contributed by atoms with van der Waals surface area (Å²) in [4.78, 5) is 17.7. The highest BCUT2D eigenvalue weighted by Crippen LogP contribution is 2.22. The Bertz CT molecular complexity index is 1430. The van der Waals surface area contributed by atoms with E-state index in [2.05, 4.69) is 4.99 Å². The number of aromatic nitrogens is 1. The molecule has 0 spiro atoms. The topological polar surface area (TPSA) is 119 Å². The highest BCUT2D eigenvalue weighted by Gasteiger charge is 2.24. The number of amides is 1. The Balaban J connectivity index is 1.92. The molecule has 2 aromatic carbocycles. The summed E-state index contributed by atoms with van der Waals surface area (Å²) >= 11 is 7.47. The van der Waals surface area contributed by atoms with Crippen molar-refractivity contribution in [2.75, 3.05) is 13.1 Å². The number of halogens is 1. The van der Waals surface area contributed by atoms with Crippen LogP contribution in [0.15, 0.2) is 52.4 Å².